The number of primary amides is 3. The van der Waals surface area contributed by atoms with E-state index in [0.717, 1.165) is 21.6 Å². The molecule has 11 amide bonds. The summed E-state index contributed by atoms with van der Waals surface area (Å²) >= 11 is 0. The van der Waals surface area contributed by atoms with E-state index in [4.69, 9.17) is 38.6 Å². The SMILES string of the molecule is NCCCC[C@H](NC(=O)[C@@H]1CCCN1C(=O)[C@@H]1CSSC[C@H](N)C(=O)N[C@@H](Cc2ccccc2)C(=O)N[C@@H](Cc2ccccc2)C(=O)N[C@@H](CCC(N)=O)C(=O)N[C@@H](CC(N)=O)C(=O)N1)C(=O)NCC(N)=O.O=C(O)C(F)(F)F. The Balaban J connectivity index is 0.00000219. The minimum Gasteiger partial charge on any atom is -0.475 e. The Bertz CT molecular complexity index is 2470. The third-order valence-corrected chi connectivity index (χ3v) is 14.2. The number of rotatable bonds is 19. The lowest BCUT2D eigenvalue weighted by Crippen LogP contribution is -2.61. The predicted octanol–water partition coefficient (Wildman–Crippen LogP) is -3.40. The summed E-state index contributed by atoms with van der Waals surface area (Å²) in [6.45, 7) is -0.121. The van der Waals surface area contributed by atoms with Gasteiger partial charge in [0.15, 0.2) is 0 Å². The van der Waals surface area contributed by atoms with Crippen molar-refractivity contribution in [2.45, 2.75) is 119 Å². The van der Waals surface area contributed by atoms with Crippen LogP contribution in [-0.4, -0.2) is 167 Å². The minimum absolute atomic E-state index is 0.0198. The van der Waals surface area contributed by atoms with E-state index < -0.39 is 151 Å². The maximum Gasteiger partial charge on any atom is 0.490 e. The molecule has 2 fully saturated rings. The highest BCUT2D eigenvalue weighted by Gasteiger charge is 2.41. The number of hydrogen-bond acceptors (Lipinski definition) is 16. The molecular formula is C48H66F3N13O13S2. The molecule has 31 heteroatoms. The summed E-state index contributed by atoms with van der Waals surface area (Å²) in [5.41, 5.74) is 29.4. The smallest absolute Gasteiger partial charge is 0.475 e. The Morgan fingerprint density at radius 2 is 1.20 bits per heavy atom. The predicted molar refractivity (Wildman–Crippen MR) is 281 cm³/mol. The lowest BCUT2D eigenvalue weighted by Gasteiger charge is -2.31. The number of halogens is 3. The molecule has 2 aliphatic rings. The number of carbonyl (C=O) groups excluding carboxylic acids is 11. The number of unbranched alkanes of at least 4 members (excludes halogenated alkanes) is 1. The molecule has 8 atom stereocenters. The van der Waals surface area contributed by atoms with Crippen molar-refractivity contribution in [3.8, 4) is 0 Å². The van der Waals surface area contributed by atoms with Gasteiger partial charge in [-0.1, -0.05) is 82.3 Å². The van der Waals surface area contributed by atoms with Gasteiger partial charge < -0.3 is 75.9 Å². The molecule has 2 heterocycles. The Kier molecular flexibility index (Phi) is 27.5. The van der Waals surface area contributed by atoms with E-state index in [1.165, 1.54) is 4.90 Å². The second kappa shape index (κ2) is 33.0. The fourth-order valence-electron chi connectivity index (χ4n) is 7.77. The molecular weight excluding hydrogens is 1090 g/mol. The average Bonchev–Trinajstić information content (AvgIpc) is 3.92. The molecule has 2 aromatic carbocycles. The van der Waals surface area contributed by atoms with Crippen LogP contribution in [0.25, 0.3) is 0 Å². The number of carbonyl (C=O) groups is 12. The molecule has 434 valence electrons. The molecule has 0 spiro atoms. The van der Waals surface area contributed by atoms with Crippen LogP contribution >= 0.6 is 21.6 Å². The number of hydrogen-bond donors (Lipinski definition) is 13. The highest BCUT2D eigenvalue weighted by molar-refractivity contribution is 8.76. The highest BCUT2D eigenvalue weighted by Crippen LogP contribution is 2.26. The number of nitrogens with two attached hydrogens (primary N) is 5. The summed E-state index contributed by atoms with van der Waals surface area (Å²) in [6.07, 6.45) is -5.22. The van der Waals surface area contributed by atoms with Crippen LogP contribution in [0.3, 0.4) is 0 Å². The Labute approximate surface area is 459 Å². The van der Waals surface area contributed by atoms with Crippen LogP contribution < -0.4 is 65.9 Å². The zero-order valence-electron chi connectivity index (χ0n) is 42.6. The van der Waals surface area contributed by atoms with Crippen LogP contribution in [0.1, 0.15) is 62.5 Å². The molecule has 0 aromatic heterocycles. The Morgan fingerprint density at radius 3 is 1.72 bits per heavy atom. The number of likely N-dealkylation sites (tertiary alicyclic amines) is 1. The van der Waals surface area contributed by atoms with Crippen molar-refractivity contribution in [3.63, 3.8) is 0 Å². The summed E-state index contributed by atoms with van der Waals surface area (Å²) in [7, 11) is 2.07. The van der Waals surface area contributed by atoms with E-state index in [1.54, 1.807) is 60.7 Å². The molecule has 4 rings (SSSR count). The first-order chi connectivity index (χ1) is 37.3. The number of benzene rings is 2. The van der Waals surface area contributed by atoms with Gasteiger partial charge in [0.25, 0.3) is 0 Å². The Hall–Kier alpha value is -7.51. The summed E-state index contributed by atoms with van der Waals surface area (Å²) in [6, 6.07) is 6.36. The number of carboxylic acid groups (broad SMARTS) is 1. The summed E-state index contributed by atoms with van der Waals surface area (Å²) in [4.78, 5) is 158. The number of nitrogens with zero attached hydrogens (tertiary/aromatic N) is 1. The fraction of sp³-hybridized carbons (Fsp3) is 0.500. The number of alkyl halides is 3. The molecule has 18 N–H and O–H groups in total. The van der Waals surface area contributed by atoms with Crippen molar-refractivity contribution in [1.29, 1.82) is 0 Å². The highest BCUT2D eigenvalue weighted by atomic mass is 33.1. The van der Waals surface area contributed by atoms with Gasteiger partial charge in [-0.2, -0.15) is 13.2 Å². The maximum atomic E-state index is 14.6. The van der Waals surface area contributed by atoms with Gasteiger partial charge in [0.2, 0.25) is 65.0 Å². The van der Waals surface area contributed by atoms with Crippen LogP contribution in [0.4, 0.5) is 13.2 Å². The normalized spacial score (nSPS) is 22.1. The topological polar surface area (TPSA) is 443 Å². The summed E-state index contributed by atoms with van der Waals surface area (Å²) in [5, 5.41) is 25.1. The molecule has 0 bridgehead atoms. The number of aliphatic carboxylic acids is 1. The van der Waals surface area contributed by atoms with Crippen LogP contribution in [0.15, 0.2) is 60.7 Å². The van der Waals surface area contributed by atoms with Gasteiger partial charge in [0, 0.05) is 37.3 Å². The number of carboxylic acids is 1. The maximum absolute atomic E-state index is 14.6. The molecule has 0 saturated carbocycles. The monoisotopic (exact) mass is 1150 g/mol. The van der Waals surface area contributed by atoms with Crippen molar-refractivity contribution in [3.05, 3.63) is 71.8 Å². The lowest BCUT2D eigenvalue weighted by atomic mass is 10.0. The quantitative estimate of drug-likeness (QED) is 0.0482. The Morgan fingerprint density at radius 1 is 0.696 bits per heavy atom. The van der Waals surface area contributed by atoms with E-state index in [-0.39, 0.29) is 43.7 Å². The van der Waals surface area contributed by atoms with Crippen LogP contribution in [0, 0.1) is 0 Å². The molecule has 79 heavy (non-hydrogen) atoms. The summed E-state index contributed by atoms with van der Waals surface area (Å²) < 4.78 is 31.7. The first-order valence-corrected chi connectivity index (χ1v) is 27.1. The van der Waals surface area contributed by atoms with Crippen molar-refractivity contribution >= 4 is 92.5 Å². The van der Waals surface area contributed by atoms with E-state index in [0.29, 0.717) is 36.9 Å². The lowest BCUT2D eigenvalue weighted by molar-refractivity contribution is -0.192. The van der Waals surface area contributed by atoms with Gasteiger partial charge >= 0.3 is 12.1 Å². The van der Waals surface area contributed by atoms with E-state index in [2.05, 4.69) is 37.2 Å². The molecule has 2 saturated heterocycles. The van der Waals surface area contributed by atoms with E-state index in [1.807, 2.05) is 0 Å². The minimum atomic E-state index is -5.08. The molecule has 0 aliphatic carbocycles. The average molecular weight is 1150 g/mol. The first kappa shape index (κ1) is 65.8. The number of nitrogens with one attached hydrogen (secondary N) is 7. The largest absolute Gasteiger partial charge is 0.490 e. The van der Waals surface area contributed by atoms with E-state index >= 15 is 0 Å². The van der Waals surface area contributed by atoms with Gasteiger partial charge in [-0.3, -0.25) is 52.7 Å². The van der Waals surface area contributed by atoms with E-state index in [9.17, 15) is 65.9 Å². The molecule has 2 aliphatic heterocycles. The zero-order chi connectivity index (χ0) is 58.8. The van der Waals surface area contributed by atoms with Crippen molar-refractivity contribution in [1.82, 2.24) is 42.1 Å². The van der Waals surface area contributed by atoms with Crippen LogP contribution in [-0.2, 0) is 70.4 Å². The molecule has 26 nitrogen and oxygen atoms in total. The first-order valence-electron chi connectivity index (χ1n) is 24.6. The number of amides is 11. The third kappa shape index (κ3) is 23.6. The second-order valence-electron chi connectivity index (χ2n) is 18.1. The summed E-state index contributed by atoms with van der Waals surface area (Å²) in [5.74, 6) is -12.4. The third-order valence-electron chi connectivity index (χ3n) is 11.8. The van der Waals surface area contributed by atoms with Crippen molar-refractivity contribution in [2.75, 3.05) is 31.1 Å². The van der Waals surface area contributed by atoms with Crippen LogP contribution in [0.2, 0.25) is 0 Å². The fourth-order valence-corrected chi connectivity index (χ4v) is 10.0. The van der Waals surface area contributed by atoms with Crippen molar-refractivity contribution < 1.29 is 75.8 Å². The van der Waals surface area contributed by atoms with Gasteiger partial charge in [0.05, 0.1) is 19.0 Å². The van der Waals surface area contributed by atoms with Gasteiger partial charge in [-0.05, 0) is 56.2 Å². The van der Waals surface area contributed by atoms with Gasteiger partial charge in [0.1, 0.15) is 42.3 Å². The van der Waals surface area contributed by atoms with Gasteiger partial charge in [-0.25, -0.2) is 4.79 Å². The second-order valence-corrected chi connectivity index (χ2v) is 20.6. The van der Waals surface area contributed by atoms with Gasteiger partial charge in [-0.15, -0.1) is 0 Å². The molecule has 0 unspecified atom stereocenters. The molecule has 0 radical (unpaired) electrons. The van der Waals surface area contributed by atoms with Crippen molar-refractivity contribution in [2.24, 2.45) is 28.7 Å². The van der Waals surface area contributed by atoms with Crippen LogP contribution in [0.5, 0.6) is 0 Å². The molecule has 2 aromatic rings. The standard InChI is InChI=1S/C46H65N13O11S2.C2HF3O2/c47-18-8-7-14-29(40(64)52-23-38(51)62)54-45(69)35-15-9-19-59(35)46(70)34-25-72-71-24-28(48)39(63)55-31(20-26-10-3-1-4-11-26)43(67)56-32(21-27-12-5-2-6-13-27)42(66)53-30(16-17-36(49)60)41(65)57-33(22-37(50)61)44(68)58-34;3-2(4,5)1(6)7/h1-6,10-13,28-35H,7-9,14-25,47-48H2,(H2,49,60)(H2,50,61)(H2,51,62)(H,52,64)(H,53,66)(H,54,69)(H,55,63)(H,56,67)(H,57,65)(H,58,68);(H,6,7)/t28-,29-,30-,31-,32-,33-,34-,35-;/m0./s1. The zero-order valence-corrected chi connectivity index (χ0v) is 44.3.